The third-order valence-electron chi connectivity index (χ3n) is 3.65. The number of likely N-dealkylation sites (tertiary alicyclic amines) is 1. The van der Waals surface area contributed by atoms with Crippen LogP contribution in [0.3, 0.4) is 0 Å². The van der Waals surface area contributed by atoms with Crippen LogP contribution in [-0.2, 0) is 5.75 Å². The van der Waals surface area contributed by atoms with Crippen LogP contribution in [-0.4, -0.2) is 39.5 Å². The third-order valence-corrected chi connectivity index (χ3v) is 4.55. The zero-order chi connectivity index (χ0) is 17.2. The molecule has 2 aromatic heterocycles. The molecule has 0 unspecified atom stereocenters. The van der Waals surface area contributed by atoms with Crippen molar-refractivity contribution in [2.75, 3.05) is 6.54 Å². The van der Waals surface area contributed by atoms with Gasteiger partial charge in [0, 0.05) is 18.9 Å². The summed E-state index contributed by atoms with van der Waals surface area (Å²) in [5, 5.41) is 0.554. The summed E-state index contributed by atoms with van der Waals surface area (Å²) in [6.45, 7) is 0.0889. The Labute approximate surface area is 140 Å². The molecule has 9 heteroatoms. The van der Waals surface area contributed by atoms with Crippen molar-refractivity contribution in [1.29, 1.82) is 0 Å². The average molecular weight is 357 g/mol. The lowest BCUT2D eigenvalue weighted by Crippen LogP contribution is -2.44. The second kappa shape index (κ2) is 6.84. The Morgan fingerprint density at radius 1 is 1.33 bits per heavy atom. The van der Waals surface area contributed by atoms with Crippen LogP contribution >= 0.6 is 11.8 Å². The minimum absolute atomic E-state index is 0.0655. The van der Waals surface area contributed by atoms with E-state index in [2.05, 4.69) is 9.97 Å². The van der Waals surface area contributed by atoms with Crippen LogP contribution in [0.1, 0.15) is 29.2 Å². The van der Waals surface area contributed by atoms with Gasteiger partial charge in [-0.1, -0.05) is 11.8 Å². The zero-order valence-corrected chi connectivity index (χ0v) is 13.3. The van der Waals surface area contributed by atoms with Crippen LogP contribution in [0.4, 0.5) is 13.2 Å². The van der Waals surface area contributed by atoms with Gasteiger partial charge in [-0.05, 0) is 31.0 Å². The lowest BCUT2D eigenvalue weighted by Gasteiger charge is -2.25. The van der Waals surface area contributed by atoms with Crippen molar-refractivity contribution in [2.45, 2.75) is 36.0 Å². The number of hydrogen-bond donors (Lipinski definition) is 0. The van der Waals surface area contributed by atoms with Crippen molar-refractivity contribution < 1.29 is 22.4 Å². The van der Waals surface area contributed by atoms with E-state index in [4.69, 9.17) is 4.42 Å². The second-order valence-electron chi connectivity index (χ2n) is 5.28. The van der Waals surface area contributed by atoms with Crippen molar-refractivity contribution in [3.63, 3.8) is 0 Å². The van der Waals surface area contributed by atoms with E-state index >= 15 is 0 Å². The predicted octanol–water partition coefficient (Wildman–Crippen LogP) is 3.53. The number of carbonyl (C=O) groups excluding carboxylic acids is 1. The Morgan fingerprint density at radius 2 is 2.08 bits per heavy atom. The van der Waals surface area contributed by atoms with Crippen LogP contribution in [0, 0.1) is 0 Å². The number of nitrogens with zero attached hydrogens (tertiary/aromatic N) is 3. The fourth-order valence-electron chi connectivity index (χ4n) is 2.56. The number of furan rings is 1. The maximum absolute atomic E-state index is 13.0. The fourth-order valence-corrected chi connectivity index (χ4v) is 3.25. The Bertz CT molecular complexity index is 705. The van der Waals surface area contributed by atoms with Gasteiger partial charge < -0.3 is 9.32 Å². The highest BCUT2D eigenvalue weighted by atomic mass is 32.2. The SMILES string of the molecule is O=C(c1ccc(CSc2ncccn2)o1)N1CCC[C@H]1C(F)(F)F. The molecule has 0 bridgehead atoms. The van der Waals surface area contributed by atoms with E-state index in [0.29, 0.717) is 23.1 Å². The highest BCUT2D eigenvalue weighted by molar-refractivity contribution is 7.98. The van der Waals surface area contributed by atoms with Gasteiger partial charge in [0.2, 0.25) is 0 Å². The van der Waals surface area contributed by atoms with E-state index in [9.17, 15) is 18.0 Å². The number of carbonyl (C=O) groups is 1. The number of thioether (sulfide) groups is 1. The van der Waals surface area contributed by atoms with E-state index in [1.807, 2.05) is 0 Å². The Morgan fingerprint density at radius 3 is 2.79 bits per heavy atom. The van der Waals surface area contributed by atoms with Gasteiger partial charge in [0.15, 0.2) is 10.9 Å². The Hall–Kier alpha value is -2.03. The van der Waals surface area contributed by atoms with Gasteiger partial charge in [-0.25, -0.2) is 9.97 Å². The van der Waals surface area contributed by atoms with Crippen LogP contribution < -0.4 is 0 Å². The van der Waals surface area contributed by atoms with E-state index < -0.39 is 18.1 Å². The molecule has 5 nitrogen and oxygen atoms in total. The van der Waals surface area contributed by atoms with Gasteiger partial charge in [-0.3, -0.25) is 4.79 Å². The van der Waals surface area contributed by atoms with Crippen molar-refractivity contribution >= 4 is 17.7 Å². The van der Waals surface area contributed by atoms with Crippen LogP contribution in [0.15, 0.2) is 40.2 Å². The number of halogens is 3. The minimum Gasteiger partial charge on any atom is -0.455 e. The minimum atomic E-state index is -4.41. The van der Waals surface area contributed by atoms with Crippen LogP contribution in [0.5, 0.6) is 0 Å². The maximum atomic E-state index is 13.0. The number of rotatable bonds is 4. The first kappa shape index (κ1) is 16.8. The van der Waals surface area contributed by atoms with Crippen molar-refractivity contribution in [1.82, 2.24) is 14.9 Å². The molecular formula is C15H14F3N3O2S. The molecule has 3 rings (SSSR count). The smallest absolute Gasteiger partial charge is 0.408 e. The molecule has 1 atom stereocenters. The van der Waals surface area contributed by atoms with Crippen molar-refractivity contribution in [3.8, 4) is 0 Å². The molecule has 0 aromatic carbocycles. The molecule has 0 N–H and O–H groups in total. The molecule has 1 aliphatic rings. The number of aromatic nitrogens is 2. The van der Waals surface area contributed by atoms with Crippen LogP contribution in [0.25, 0.3) is 0 Å². The topological polar surface area (TPSA) is 59.2 Å². The molecule has 1 saturated heterocycles. The van der Waals surface area contributed by atoms with E-state index in [0.717, 1.165) is 4.90 Å². The molecule has 1 fully saturated rings. The van der Waals surface area contributed by atoms with E-state index in [1.165, 1.54) is 17.8 Å². The number of amides is 1. The number of alkyl halides is 3. The fraction of sp³-hybridized carbons (Fsp3) is 0.400. The first-order valence-corrected chi connectivity index (χ1v) is 8.30. The lowest BCUT2D eigenvalue weighted by molar-refractivity contribution is -0.169. The molecule has 1 aliphatic heterocycles. The zero-order valence-electron chi connectivity index (χ0n) is 12.5. The molecule has 128 valence electrons. The largest absolute Gasteiger partial charge is 0.455 e. The molecule has 2 aromatic rings. The summed E-state index contributed by atoms with van der Waals surface area (Å²) in [7, 11) is 0. The summed E-state index contributed by atoms with van der Waals surface area (Å²) >= 11 is 1.31. The normalized spacial score (nSPS) is 18.1. The molecule has 24 heavy (non-hydrogen) atoms. The summed E-state index contributed by atoms with van der Waals surface area (Å²) in [6, 6.07) is 2.96. The molecule has 0 radical (unpaired) electrons. The van der Waals surface area contributed by atoms with Gasteiger partial charge >= 0.3 is 6.18 Å². The summed E-state index contributed by atoms with van der Waals surface area (Å²) in [6.07, 6.45) is -0.926. The lowest BCUT2D eigenvalue weighted by atomic mass is 10.2. The van der Waals surface area contributed by atoms with Crippen molar-refractivity contribution in [2.24, 2.45) is 0 Å². The highest BCUT2D eigenvalue weighted by Gasteiger charge is 2.48. The quantitative estimate of drug-likeness (QED) is 0.619. The average Bonchev–Trinajstić information content (AvgIpc) is 3.22. The van der Waals surface area contributed by atoms with Gasteiger partial charge in [-0.15, -0.1) is 0 Å². The maximum Gasteiger partial charge on any atom is 0.408 e. The summed E-state index contributed by atoms with van der Waals surface area (Å²) in [5.74, 6) is 0.0799. The summed E-state index contributed by atoms with van der Waals surface area (Å²) in [5.41, 5.74) is 0. The predicted molar refractivity (Wildman–Crippen MR) is 80.4 cm³/mol. The van der Waals surface area contributed by atoms with Crippen molar-refractivity contribution in [3.05, 3.63) is 42.1 Å². The van der Waals surface area contributed by atoms with Gasteiger partial charge in [0.25, 0.3) is 5.91 Å². The van der Waals surface area contributed by atoms with Gasteiger partial charge in [0.1, 0.15) is 11.8 Å². The van der Waals surface area contributed by atoms with Gasteiger partial charge in [-0.2, -0.15) is 13.2 Å². The molecule has 1 amide bonds. The summed E-state index contributed by atoms with van der Waals surface area (Å²) < 4.78 is 44.3. The first-order valence-electron chi connectivity index (χ1n) is 7.31. The summed E-state index contributed by atoms with van der Waals surface area (Å²) in [4.78, 5) is 21.2. The molecular weight excluding hydrogens is 343 g/mol. The molecule has 0 spiro atoms. The first-order chi connectivity index (χ1) is 11.4. The number of hydrogen-bond acceptors (Lipinski definition) is 5. The third kappa shape index (κ3) is 3.72. The molecule has 0 aliphatic carbocycles. The highest BCUT2D eigenvalue weighted by Crippen LogP contribution is 2.33. The monoisotopic (exact) mass is 357 g/mol. The van der Waals surface area contributed by atoms with E-state index in [-0.39, 0.29) is 18.7 Å². The molecule has 3 heterocycles. The Kier molecular flexibility index (Phi) is 4.79. The van der Waals surface area contributed by atoms with E-state index in [1.54, 1.807) is 24.5 Å². The molecule has 0 saturated carbocycles. The Balaban J connectivity index is 1.65. The van der Waals surface area contributed by atoms with Gasteiger partial charge in [0.05, 0.1) is 5.75 Å². The van der Waals surface area contributed by atoms with Crippen LogP contribution in [0.2, 0.25) is 0 Å². The second-order valence-corrected chi connectivity index (χ2v) is 6.23. The standard InChI is InChI=1S/C15H14F3N3O2S/c16-15(17,18)12-3-1-8-21(12)13(22)11-5-4-10(23-11)9-24-14-19-6-2-7-20-14/h2,4-7,12H,1,3,8-9H2/t12-/m0/s1.